The molecule has 0 fully saturated rings. The van der Waals surface area contributed by atoms with E-state index in [2.05, 4.69) is 63.2 Å². The molecule has 0 N–H and O–H groups in total. The van der Waals surface area contributed by atoms with Crippen LogP contribution in [0.3, 0.4) is 0 Å². The minimum atomic E-state index is -0.430. The third-order valence-electron chi connectivity index (χ3n) is 6.18. The van der Waals surface area contributed by atoms with Gasteiger partial charge in [-0.3, -0.25) is 14.5 Å². The van der Waals surface area contributed by atoms with Crippen molar-refractivity contribution in [1.29, 1.82) is 0 Å². The van der Waals surface area contributed by atoms with Crippen molar-refractivity contribution in [2.45, 2.75) is 18.8 Å². The van der Waals surface area contributed by atoms with Crippen LogP contribution in [-0.4, -0.2) is 41.3 Å². The van der Waals surface area contributed by atoms with Crippen LogP contribution < -0.4 is 0 Å². The molecule has 7 heteroatoms. The number of amides is 1. The second-order valence-electron chi connectivity index (χ2n) is 8.53. The minimum absolute atomic E-state index is 0.0479. The highest BCUT2D eigenvalue weighted by molar-refractivity contribution is 6.42. The van der Waals surface area contributed by atoms with E-state index in [1.165, 1.54) is 11.1 Å². The predicted octanol–water partition coefficient (Wildman–Crippen LogP) is 1.98. The van der Waals surface area contributed by atoms with Crippen LogP contribution in [0.5, 0.6) is 0 Å². The van der Waals surface area contributed by atoms with Crippen molar-refractivity contribution < 1.29 is 4.79 Å². The maximum Gasteiger partial charge on any atom is 0.255 e. The Hall–Kier alpha value is -3.34. The molecule has 1 aliphatic heterocycles. The van der Waals surface area contributed by atoms with Gasteiger partial charge < -0.3 is 4.90 Å². The van der Waals surface area contributed by atoms with E-state index >= 15 is 0 Å². The molecular formula is C23H22B2N4O. The van der Waals surface area contributed by atoms with Crippen LogP contribution in [0.15, 0.2) is 60.9 Å². The van der Waals surface area contributed by atoms with Crippen LogP contribution in [0.1, 0.15) is 27.2 Å². The second-order valence-corrected chi connectivity index (χ2v) is 8.53. The fourth-order valence-electron chi connectivity index (χ4n) is 4.49. The van der Waals surface area contributed by atoms with Gasteiger partial charge >= 0.3 is 0 Å². The average Bonchev–Trinajstić information content (AvgIpc) is 3.19. The van der Waals surface area contributed by atoms with Crippen molar-refractivity contribution in [3.05, 3.63) is 83.3 Å². The highest BCUT2D eigenvalue weighted by Gasteiger charge is 2.43. The molecule has 0 saturated heterocycles. The largest absolute Gasteiger partial charge is 0.339 e. The first kappa shape index (κ1) is 18.7. The molecule has 2 aromatic heterocycles. The first-order chi connectivity index (χ1) is 14.4. The van der Waals surface area contributed by atoms with Gasteiger partial charge in [-0.25, -0.2) is 0 Å². The Balaban J connectivity index is 1.50. The zero-order valence-electron chi connectivity index (χ0n) is 17.7. The molecule has 1 amide bonds. The first-order valence-electron chi connectivity index (χ1n) is 10.2. The maximum absolute atomic E-state index is 13.0. The number of rotatable bonds is 3. The van der Waals surface area contributed by atoms with Crippen LogP contribution >= 0.6 is 0 Å². The van der Waals surface area contributed by atoms with E-state index in [0.717, 1.165) is 27.7 Å². The highest BCUT2D eigenvalue weighted by atomic mass is 16.2. The molecule has 3 heterocycles. The Morgan fingerprint density at radius 2 is 1.87 bits per heavy atom. The number of carbonyl (C=O) groups is 1. The molecule has 0 radical (unpaired) electrons. The molecule has 0 atom stereocenters. The number of fused-ring (bicyclic) bond motifs is 2. The molecule has 1 aliphatic rings. The third kappa shape index (κ3) is 2.76. The summed E-state index contributed by atoms with van der Waals surface area (Å²) in [7, 11) is 6.08. The number of aromatic nitrogens is 3. The monoisotopic (exact) mass is 392 g/mol. The minimum Gasteiger partial charge on any atom is -0.339 e. The first-order valence-corrected chi connectivity index (χ1v) is 10.2. The molecule has 4 aromatic rings. The second kappa shape index (κ2) is 6.59. The molecule has 0 unspecified atom stereocenters. The van der Waals surface area contributed by atoms with Crippen LogP contribution in [0, 0.1) is 6.92 Å². The van der Waals surface area contributed by atoms with E-state index in [9.17, 15) is 4.79 Å². The van der Waals surface area contributed by atoms with E-state index in [0.29, 0.717) is 12.1 Å². The summed E-state index contributed by atoms with van der Waals surface area (Å²) in [5.41, 5.74) is 7.20. The Bertz CT molecular complexity index is 1310. The Kier molecular flexibility index (Phi) is 4.10. The van der Waals surface area contributed by atoms with Crippen LogP contribution in [-0.2, 0) is 18.9 Å². The number of hydrogen-bond acceptors (Lipinski definition) is 3. The summed E-state index contributed by atoms with van der Waals surface area (Å²) in [6.45, 7) is 2.67. The van der Waals surface area contributed by atoms with E-state index in [1.54, 1.807) is 6.20 Å². The van der Waals surface area contributed by atoms with Gasteiger partial charge in [0.1, 0.15) is 15.7 Å². The zero-order valence-corrected chi connectivity index (χ0v) is 17.7. The Labute approximate surface area is 177 Å². The number of hydrogen-bond donors (Lipinski definition) is 0. The van der Waals surface area contributed by atoms with Crippen molar-refractivity contribution >= 4 is 32.5 Å². The summed E-state index contributed by atoms with van der Waals surface area (Å²) in [4.78, 5) is 19.5. The highest BCUT2D eigenvalue weighted by Crippen LogP contribution is 2.35. The molecule has 5 nitrogen and oxygen atoms in total. The number of pyridine rings is 1. The van der Waals surface area contributed by atoms with Gasteiger partial charge in [-0.15, -0.1) is 0 Å². The molecule has 146 valence electrons. The molecule has 0 aliphatic carbocycles. The van der Waals surface area contributed by atoms with Gasteiger partial charge in [0.25, 0.3) is 5.91 Å². The Morgan fingerprint density at radius 1 is 1.07 bits per heavy atom. The van der Waals surface area contributed by atoms with E-state index in [4.69, 9.17) is 0 Å². The summed E-state index contributed by atoms with van der Waals surface area (Å²) in [6, 6.07) is 16.4. The fourth-order valence-corrected chi connectivity index (χ4v) is 4.49. The lowest BCUT2D eigenvalue weighted by Crippen LogP contribution is -2.44. The lowest BCUT2D eigenvalue weighted by molar-refractivity contribution is 0.0731. The number of aryl methyl sites for hydroxylation is 2. The van der Waals surface area contributed by atoms with Gasteiger partial charge in [-0.05, 0) is 47.4 Å². The van der Waals surface area contributed by atoms with Crippen LogP contribution in [0.25, 0.3) is 22.0 Å². The molecule has 0 saturated carbocycles. The zero-order chi connectivity index (χ0) is 21.0. The normalized spacial score (nSPS) is 15.0. The average molecular weight is 392 g/mol. The van der Waals surface area contributed by atoms with Gasteiger partial charge in [0.05, 0.1) is 16.8 Å². The molecule has 0 spiro atoms. The summed E-state index contributed by atoms with van der Waals surface area (Å²) in [6.07, 6.45) is 3.82. The van der Waals surface area contributed by atoms with Gasteiger partial charge in [-0.1, -0.05) is 30.3 Å². The molecular weight excluding hydrogens is 370 g/mol. The van der Waals surface area contributed by atoms with Crippen molar-refractivity contribution in [3.8, 4) is 11.1 Å². The van der Waals surface area contributed by atoms with Gasteiger partial charge in [-0.2, -0.15) is 5.10 Å². The summed E-state index contributed by atoms with van der Waals surface area (Å²) < 4.78 is 1.85. The smallest absolute Gasteiger partial charge is 0.255 e. The SMILES string of the molecule is BC1(B)c2ncccc2C(=O)N1Cc1ccc(-c2cccc3nn(C)cc23)cc1C. The molecule has 0 bridgehead atoms. The van der Waals surface area contributed by atoms with Crippen molar-refractivity contribution in [1.82, 2.24) is 19.7 Å². The maximum atomic E-state index is 13.0. The standard InChI is InChI=1S/C23H22B2N4O/c1-14-11-15(17-5-3-7-20-19(17)13-28(2)27-20)8-9-16(14)12-29-22(30)18-6-4-10-26-21(18)23(29,24)25/h3-11,13H,12,24-25H2,1-2H3. The fraction of sp³-hybridized carbons (Fsp3) is 0.174. The lowest BCUT2D eigenvalue weighted by Gasteiger charge is -2.32. The van der Waals surface area contributed by atoms with Crippen molar-refractivity contribution in [2.75, 3.05) is 0 Å². The molecule has 30 heavy (non-hydrogen) atoms. The van der Waals surface area contributed by atoms with Crippen LogP contribution in [0.2, 0.25) is 0 Å². The molecule has 2 aromatic carbocycles. The van der Waals surface area contributed by atoms with Gasteiger partial charge in [0.2, 0.25) is 0 Å². The van der Waals surface area contributed by atoms with Gasteiger partial charge in [0.15, 0.2) is 0 Å². The molecule has 5 rings (SSSR count). The number of nitrogens with zero attached hydrogens (tertiary/aromatic N) is 4. The summed E-state index contributed by atoms with van der Waals surface area (Å²) >= 11 is 0. The van der Waals surface area contributed by atoms with Gasteiger partial charge in [0, 0.05) is 36.7 Å². The van der Waals surface area contributed by atoms with E-state index in [1.807, 2.05) is 40.9 Å². The van der Waals surface area contributed by atoms with Crippen LogP contribution in [0.4, 0.5) is 0 Å². The quantitative estimate of drug-likeness (QED) is 0.502. The van der Waals surface area contributed by atoms with Crippen molar-refractivity contribution in [2.24, 2.45) is 7.05 Å². The summed E-state index contributed by atoms with van der Waals surface area (Å²) in [5.74, 6) is 0.0479. The third-order valence-corrected chi connectivity index (χ3v) is 6.18. The Morgan fingerprint density at radius 3 is 2.63 bits per heavy atom. The summed E-state index contributed by atoms with van der Waals surface area (Å²) in [5, 5.41) is 5.23. The van der Waals surface area contributed by atoms with E-state index in [-0.39, 0.29) is 5.91 Å². The number of carbonyl (C=O) groups excluding carboxylic acids is 1. The number of benzene rings is 2. The topological polar surface area (TPSA) is 51.0 Å². The predicted molar refractivity (Wildman–Crippen MR) is 124 cm³/mol. The lowest BCUT2D eigenvalue weighted by atomic mass is 9.59. The van der Waals surface area contributed by atoms with Crippen molar-refractivity contribution in [3.63, 3.8) is 0 Å². The van der Waals surface area contributed by atoms with E-state index < -0.39 is 5.34 Å².